The molecule has 140 valence electrons. The Hall–Kier alpha value is -2.16. The van der Waals surface area contributed by atoms with Gasteiger partial charge in [0.05, 0.1) is 6.26 Å². The maximum atomic E-state index is 12.9. The third kappa shape index (κ3) is 4.14. The summed E-state index contributed by atoms with van der Waals surface area (Å²) in [5, 5.41) is 0. The van der Waals surface area contributed by atoms with Crippen molar-refractivity contribution < 1.29 is 17.6 Å². The number of carbonyl (C=O) groups excluding carboxylic acids is 1. The molecule has 26 heavy (non-hydrogen) atoms. The lowest BCUT2D eigenvalue weighted by molar-refractivity contribution is 0.0732. The lowest BCUT2D eigenvalue weighted by Gasteiger charge is -2.26. The molecule has 1 aromatic heterocycles. The van der Waals surface area contributed by atoms with E-state index in [0.717, 1.165) is 5.56 Å². The molecule has 2 heterocycles. The van der Waals surface area contributed by atoms with E-state index in [-0.39, 0.29) is 18.2 Å². The summed E-state index contributed by atoms with van der Waals surface area (Å²) >= 11 is 0. The fraction of sp³-hybridized carbons (Fsp3) is 0.389. The molecule has 1 saturated heterocycles. The molecule has 1 aliphatic heterocycles. The quantitative estimate of drug-likeness (QED) is 0.796. The van der Waals surface area contributed by atoms with Crippen molar-refractivity contribution in [2.45, 2.75) is 13.0 Å². The lowest BCUT2D eigenvalue weighted by Crippen LogP contribution is -2.43. The van der Waals surface area contributed by atoms with Gasteiger partial charge >= 0.3 is 0 Å². The molecule has 8 heteroatoms. The number of hydrogen-bond donors (Lipinski definition) is 0. The Morgan fingerprint density at radius 2 is 1.85 bits per heavy atom. The van der Waals surface area contributed by atoms with Crippen molar-refractivity contribution >= 4 is 16.1 Å². The highest BCUT2D eigenvalue weighted by Gasteiger charge is 2.30. The highest BCUT2D eigenvalue weighted by atomic mass is 32.2. The topological polar surface area (TPSA) is 74.1 Å². The van der Waals surface area contributed by atoms with Crippen molar-refractivity contribution in [2.24, 2.45) is 0 Å². The summed E-state index contributed by atoms with van der Waals surface area (Å²) in [5.74, 6) is 0.0781. The van der Waals surface area contributed by atoms with Crippen LogP contribution in [0.25, 0.3) is 0 Å². The Balaban J connectivity index is 1.64. The van der Waals surface area contributed by atoms with Gasteiger partial charge in [-0.05, 0) is 24.1 Å². The first-order valence-corrected chi connectivity index (χ1v) is 9.96. The first-order chi connectivity index (χ1) is 12.5. The summed E-state index contributed by atoms with van der Waals surface area (Å²) in [5.41, 5.74) is 0.933. The molecule has 0 atom stereocenters. The summed E-state index contributed by atoms with van der Waals surface area (Å²) in [4.78, 5) is 14.0. The van der Waals surface area contributed by atoms with Crippen molar-refractivity contribution in [2.75, 3.05) is 33.2 Å². The maximum absolute atomic E-state index is 12.9. The molecular formula is C18H23N3O4S. The molecule has 1 amide bonds. The van der Waals surface area contributed by atoms with E-state index in [4.69, 9.17) is 4.42 Å². The van der Waals surface area contributed by atoms with Gasteiger partial charge < -0.3 is 9.32 Å². The van der Waals surface area contributed by atoms with Crippen molar-refractivity contribution in [3.05, 3.63) is 60.1 Å². The molecule has 1 aromatic carbocycles. The summed E-state index contributed by atoms with van der Waals surface area (Å²) in [7, 11) is -2.00. The first-order valence-electron chi connectivity index (χ1n) is 8.56. The average molecular weight is 377 g/mol. The second kappa shape index (κ2) is 8.03. The van der Waals surface area contributed by atoms with Crippen LogP contribution in [0.3, 0.4) is 0 Å². The number of amides is 1. The highest BCUT2D eigenvalue weighted by molar-refractivity contribution is 7.86. The van der Waals surface area contributed by atoms with Crippen LogP contribution < -0.4 is 0 Å². The molecule has 0 unspecified atom stereocenters. The van der Waals surface area contributed by atoms with E-state index < -0.39 is 10.2 Å². The van der Waals surface area contributed by atoms with Gasteiger partial charge in [-0.3, -0.25) is 4.79 Å². The molecule has 0 bridgehead atoms. The number of rotatable bonds is 5. The largest absolute Gasteiger partial charge is 0.459 e. The molecule has 0 saturated carbocycles. The smallest absolute Gasteiger partial charge is 0.289 e. The van der Waals surface area contributed by atoms with E-state index in [9.17, 15) is 13.2 Å². The minimum Gasteiger partial charge on any atom is -0.459 e. The molecule has 0 spiro atoms. The molecule has 0 N–H and O–H groups in total. The Kier molecular flexibility index (Phi) is 5.75. The normalized spacial score (nSPS) is 16.6. The van der Waals surface area contributed by atoms with Gasteiger partial charge in [-0.1, -0.05) is 30.3 Å². The molecule has 1 fully saturated rings. The molecule has 0 radical (unpaired) electrons. The van der Waals surface area contributed by atoms with Crippen LogP contribution >= 0.6 is 0 Å². The zero-order valence-electron chi connectivity index (χ0n) is 14.7. The van der Waals surface area contributed by atoms with E-state index >= 15 is 0 Å². The van der Waals surface area contributed by atoms with Gasteiger partial charge in [-0.15, -0.1) is 0 Å². The van der Waals surface area contributed by atoms with Gasteiger partial charge in [0.15, 0.2) is 5.76 Å². The predicted octanol–water partition coefficient (Wildman–Crippen LogP) is 1.80. The Morgan fingerprint density at radius 1 is 1.08 bits per heavy atom. The van der Waals surface area contributed by atoms with Gasteiger partial charge in [0, 0.05) is 39.8 Å². The first kappa shape index (κ1) is 18.6. The Bertz CT molecular complexity index is 821. The Labute approximate surface area is 154 Å². The summed E-state index contributed by atoms with van der Waals surface area (Å²) in [6.45, 7) is 1.83. The fourth-order valence-corrected chi connectivity index (χ4v) is 4.38. The number of carbonyl (C=O) groups is 1. The van der Waals surface area contributed by atoms with Gasteiger partial charge in [0.1, 0.15) is 0 Å². The number of hydrogen-bond acceptors (Lipinski definition) is 4. The number of benzene rings is 1. The standard InChI is InChI=1S/C18H23N3O4S/c1-19(15-16-7-3-2-4-8-16)26(23,24)21-11-6-10-20(12-13-21)18(22)17-9-5-14-25-17/h2-5,7-9,14H,6,10-13,15H2,1H3. The van der Waals surface area contributed by atoms with Crippen LogP contribution in [0.2, 0.25) is 0 Å². The summed E-state index contributed by atoms with van der Waals surface area (Å²) in [6, 6.07) is 12.8. The third-order valence-corrected chi connectivity index (χ3v) is 6.38. The van der Waals surface area contributed by atoms with Gasteiger partial charge in [-0.2, -0.15) is 17.0 Å². The number of furan rings is 1. The van der Waals surface area contributed by atoms with Gasteiger partial charge in [0.2, 0.25) is 0 Å². The summed E-state index contributed by atoms with van der Waals surface area (Å²) in [6.07, 6.45) is 2.05. The monoisotopic (exact) mass is 377 g/mol. The van der Waals surface area contributed by atoms with Crippen LogP contribution in [0.1, 0.15) is 22.5 Å². The highest BCUT2D eigenvalue weighted by Crippen LogP contribution is 2.16. The third-order valence-electron chi connectivity index (χ3n) is 4.44. The predicted molar refractivity (Wildman–Crippen MR) is 97.6 cm³/mol. The van der Waals surface area contributed by atoms with Crippen molar-refractivity contribution in [1.29, 1.82) is 0 Å². The van der Waals surface area contributed by atoms with E-state index in [2.05, 4.69) is 0 Å². The van der Waals surface area contributed by atoms with E-state index in [1.165, 1.54) is 14.9 Å². The molecule has 0 aliphatic carbocycles. The SMILES string of the molecule is CN(Cc1ccccc1)S(=O)(=O)N1CCCN(C(=O)c2ccco2)CC1. The van der Waals surface area contributed by atoms with Crippen LogP contribution in [-0.2, 0) is 16.8 Å². The van der Waals surface area contributed by atoms with E-state index in [0.29, 0.717) is 32.6 Å². The summed E-state index contributed by atoms with van der Waals surface area (Å²) < 4.78 is 33.7. The van der Waals surface area contributed by atoms with Crippen molar-refractivity contribution in [3.63, 3.8) is 0 Å². The lowest BCUT2D eigenvalue weighted by atomic mass is 10.2. The second-order valence-electron chi connectivity index (χ2n) is 6.27. The maximum Gasteiger partial charge on any atom is 0.289 e. The molecule has 7 nitrogen and oxygen atoms in total. The second-order valence-corrected chi connectivity index (χ2v) is 8.31. The van der Waals surface area contributed by atoms with Crippen LogP contribution in [0.15, 0.2) is 53.1 Å². The van der Waals surface area contributed by atoms with Crippen LogP contribution in [-0.4, -0.2) is 61.1 Å². The molecular weight excluding hydrogens is 354 g/mol. The van der Waals surface area contributed by atoms with E-state index in [1.807, 2.05) is 30.3 Å². The van der Waals surface area contributed by atoms with Crippen molar-refractivity contribution in [3.8, 4) is 0 Å². The zero-order valence-corrected chi connectivity index (χ0v) is 15.6. The average Bonchev–Trinajstić information content (AvgIpc) is 3.06. The van der Waals surface area contributed by atoms with Gasteiger partial charge in [0.25, 0.3) is 16.1 Å². The van der Waals surface area contributed by atoms with Crippen LogP contribution in [0, 0.1) is 0 Å². The minimum atomic E-state index is -3.58. The molecule has 1 aliphatic rings. The van der Waals surface area contributed by atoms with Crippen molar-refractivity contribution in [1.82, 2.24) is 13.5 Å². The fourth-order valence-electron chi connectivity index (χ4n) is 3.00. The van der Waals surface area contributed by atoms with Gasteiger partial charge in [-0.25, -0.2) is 0 Å². The number of nitrogens with zero attached hydrogens (tertiary/aromatic N) is 3. The molecule has 2 aromatic rings. The van der Waals surface area contributed by atoms with Crippen LogP contribution in [0.5, 0.6) is 0 Å². The Morgan fingerprint density at radius 3 is 2.54 bits per heavy atom. The zero-order chi connectivity index (χ0) is 18.6. The van der Waals surface area contributed by atoms with E-state index in [1.54, 1.807) is 24.1 Å². The van der Waals surface area contributed by atoms with Crippen LogP contribution in [0.4, 0.5) is 0 Å². The minimum absolute atomic E-state index is 0.202. The molecule has 3 rings (SSSR count).